The van der Waals surface area contributed by atoms with Gasteiger partial charge >= 0.3 is 6.03 Å². The van der Waals surface area contributed by atoms with Crippen molar-refractivity contribution in [3.8, 4) is 0 Å². The number of nitrogens with zero attached hydrogens (tertiary/aromatic N) is 6. The highest BCUT2D eigenvalue weighted by atomic mass is 19.1. The molecule has 2 aliphatic heterocycles. The molecule has 1 saturated heterocycles. The zero-order valence-electron chi connectivity index (χ0n) is 18.3. The highest BCUT2D eigenvalue weighted by Crippen LogP contribution is 2.34. The number of carbonyl (C=O) groups excluding carboxylic acids is 1. The van der Waals surface area contributed by atoms with Crippen LogP contribution in [0.25, 0.3) is 5.65 Å². The Balaban J connectivity index is 0.000000821. The number of amides is 2. The minimum absolute atomic E-state index is 0.0536. The SMILES string of the molecule is Cc1nc2cc(F)c(NC(=O)N3CCc4c(N5CCN[C@@H](C)C5)ccnc43)cn2n1.O=CO. The van der Waals surface area contributed by atoms with Crippen LogP contribution in [0.1, 0.15) is 18.3 Å². The minimum atomic E-state index is -0.556. The lowest BCUT2D eigenvalue weighted by atomic mass is 10.1. The summed E-state index contributed by atoms with van der Waals surface area (Å²) in [5.74, 6) is 0.610. The van der Waals surface area contributed by atoms with Crippen LogP contribution in [-0.2, 0) is 11.2 Å². The van der Waals surface area contributed by atoms with Gasteiger partial charge in [0.1, 0.15) is 11.6 Å². The number of rotatable bonds is 2. The molecule has 1 atom stereocenters. The Labute approximate surface area is 189 Å². The van der Waals surface area contributed by atoms with Crippen LogP contribution < -0.4 is 20.4 Å². The van der Waals surface area contributed by atoms with Gasteiger partial charge in [-0.1, -0.05) is 0 Å². The van der Waals surface area contributed by atoms with Gasteiger partial charge in [-0.3, -0.25) is 9.69 Å². The lowest BCUT2D eigenvalue weighted by Crippen LogP contribution is -2.49. The molecule has 11 nitrogen and oxygen atoms in total. The van der Waals surface area contributed by atoms with E-state index < -0.39 is 11.8 Å². The number of halogens is 1. The van der Waals surface area contributed by atoms with Gasteiger partial charge in [-0.25, -0.2) is 23.7 Å². The maximum atomic E-state index is 14.5. The average molecular weight is 456 g/mol. The van der Waals surface area contributed by atoms with E-state index in [-0.39, 0.29) is 12.2 Å². The van der Waals surface area contributed by atoms with Gasteiger partial charge in [0, 0.05) is 55.7 Å². The topological polar surface area (TPSA) is 128 Å². The Hall–Kier alpha value is -3.80. The number of anilines is 3. The van der Waals surface area contributed by atoms with E-state index in [2.05, 4.69) is 37.5 Å². The number of urea groups is 1. The molecule has 3 aromatic rings. The van der Waals surface area contributed by atoms with Gasteiger partial charge in [-0.2, -0.15) is 5.10 Å². The predicted molar refractivity (Wildman–Crippen MR) is 120 cm³/mol. The number of pyridine rings is 2. The summed E-state index contributed by atoms with van der Waals surface area (Å²) in [6.45, 7) is 6.88. The molecule has 174 valence electrons. The van der Waals surface area contributed by atoms with Crippen molar-refractivity contribution in [1.82, 2.24) is 24.9 Å². The van der Waals surface area contributed by atoms with Crippen molar-refractivity contribution in [1.29, 1.82) is 0 Å². The van der Waals surface area contributed by atoms with E-state index in [1.807, 2.05) is 6.07 Å². The van der Waals surface area contributed by atoms with Gasteiger partial charge in [0.05, 0.1) is 11.9 Å². The van der Waals surface area contributed by atoms with Crippen molar-refractivity contribution in [2.24, 2.45) is 0 Å². The van der Waals surface area contributed by atoms with E-state index in [4.69, 9.17) is 9.90 Å². The second kappa shape index (κ2) is 9.36. The monoisotopic (exact) mass is 456 g/mol. The zero-order valence-corrected chi connectivity index (χ0v) is 18.3. The molecule has 0 aromatic carbocycles. The highest BCUT2D eigenvalue weighted by molar-refractivity contribution is 6.03. The van der Waals surface area contributed by atoms with Crippen molar-refractivity contribution in [3.63, 3.8) is 0 Å². The lowest BCUT2D eigenvalue weighted by molar-refractivity contribution is -0.122. The zero-order chi connectivity index (χ0) is 23.5. The van der Waals surface area contributed by atoms with E-state index in [1.54, 1.807) is 18.0 Å². The molecule has 2 aliphatic rings. The maximum Gasteiger partial charge on any atom is 0.327 e. The second-order valence-corrected chi connectivity index (χ2v) is 7.87. The number of fused-ring (bicyclic) bond motifs is 2. The first-order valence-electron chi connectivity index (χ1n) is 10.6. The number of hydrogen-bond donors (Lipinski definition) is 3. The summed E-state index contributed by atoms with van der Waals surface area (Å²) in [4.78, 5) is 33.8. The predicted octanol–water partition coefficient (Wildman–Crippen LogP) is 1.67. The Bertz CT molecular complexity index is 1180. The van der Waals surface area contributed by atoms with Crippen LogP contribution >= 0.6 is 0 Å². The van der Waals surface area contributed by atoms with E-state index in [0.717, 1.165) is 30.9 Å². The van der Waals surface area contributed by atoms with Gasteiger partial charge in [0.2, 0.25) is 0 Å². The summed E-state index contributed by atoms with van der Waals surface area (Å²) in [6.07, 6.45) is 3.89. The summed E-state index contributed by atoms with van der Waals surface area (Å²) in [5.41, 5.74) is 2.63. The van der Waals surface area contributed by atoms with Crippen molar-refractivity contribution >= 4 is 35.3 Å². The molecule has 0 spiro atoms. The van der Waals surface area contributed by atoms with Crippen LogP contribution in [0.4, 0.5) is 26.4 Å². The molecule has 3 aromatic heterocycles. The lowest BCUT2D eigenvalue weighted by Gasteiger charge is -2.34. The third-order valence-electron chi connectivity index (χ3n) is 5.57. The van der Waals surface area contributed by atoms with E-state index in [0.29, 0.717) is 36.3 Å². The Morgan fingerprint density at radius 3 is 2.94 bits per heavy atom. The van der Waals surface area contributed by atoms with Crippen LogP contribution in [0.5, 0.6) is 0 Å². The third kappa shape index (κ3) is 4.55. The van der Waals surface area contributed by atoms with Gasteiger partial charge in [0.15, 0.2) is 11.5 Å². The molecule has 0 aliphatic carbocycles. The van der Waals surface area contributed by atoms with E-state index in [1.165, 1.54) is 16.8 Å². The van der Waals surface area contributed by atoms with Crippen LogP contribution in [0.3, 0.4) is 0 Å². The van der Waals surface area contributed by atoms with E-state index >= 15 is 0 Å². The largest absolute Gasteiger partial charge is 0.483 e. The second-order valence-electron chi connectivity index (χ2n) is 7.87. The fourth-order valence-electron chi connectivity index (χ4n) is 4.21. The van der Waals surface area contributed by atoms with Gasteiger partial charge < -0.3 is 20.6 Å². The quantitative estimate of drug-likeness (QED) is 0.497. The molecule has 0 radical (unpaired) electrons. The molecule has 33 heavy (non-hydrogen) atoms. The number of piperazine rings is 1. The van der Waals surface area contributed by atoms with Crippen molar-refractivity contribution in [2.75, 3.05) is 41.3 Å². The smallest absolute Gasteiger partial charge is 0.327 e. The Morgan fingerprint density at radius 2 is 2.18 bits per heavy atom. The molecular weight excluding hydrogens is 431 g/mol. The van der Waals surface area contributed by atoms with Crippen LogP contribution in [0.15, 0.2) is 24.5 Å². The molecule has 0 saturated carbocycles. The normalized spacial score (nSPS) is 17.4. The highest BCUT2D eigenvalue weighted by Gasteiger charge is 2.31. The molecule has 5 rings (SSSR count). The first-order chi connectivity index (χ1) is 15.9. The average Bonchev–Trinajstić information content (AvgIpc) is 3.37. The number of aryl methyl sites for hydroxylation is 1. The molecule has 5 heterocycles. The van der Waals surface area contributed by atoms with Crippen molar-refractivity contribution < 1.29 is 19.1 Å². The van der Waals surface area contributed by atoms with Gasteiger partial charge in [-0.15, -0.1) is 0 Å². The van der Waals surface area contributed by atoms with Gasteiger partial charge in [-0.05, 0) is 26.3 Å². The summed E-state index contributed by atoms with van der Waals surface area (Å²) < 4.78 is 15.9. The van der Waals surface area contributed by atoms with Gasteiger partial charge in [0.25, 0.3) is 6.47 Å². The standard InChI is InChI=1S/C20H23FN8O.CH2O2/c1-12-10-27(8-6-22-12)17-3-5-23-19-14(17)4-7-28(19)20(30)25-16-11-29-18(9-15(16)21)24-13(2)26-29;2-1-3/h3,5,9,11-12,22H,4,6-8,10H2,1-2H3,(H,25,30);1H,(H,2,3)/t12-;/m0./s1. The Kier molecular flexibility index (Phi) is 6.36. The van der Waals surface area contributed by atoms with Crippen molar-refractivity contribution in [3.05, 3.63) is 41.7 Å². The number of carboxylic acid groups (broad SMARTS) is 1. The van der Waals surface area contributed by atoms with Crippen LogP contribution in [-0.4, -0.2) is 69.4 Å². The fourth-order valence-corrected chi connectivity index (χ4v) is 4.21. The number of carbonyl (C=O) groups is 2. The Morgan fingerprint density at radius 1 is 1.39 bits per heavy atom. The molecule has 2 amide bonds. The first kappa shape index (κ1) is 22.4. The first-order valence-corrected chi connectivity index (χ1v) is 10.6. The van der Waals surface area contributed by atoms with Crippen LogP contribution in [0, 0.1) is 12.7 Å². The molecule has 0 unspecified atom stereocenters. The summed E-state index contributed by atoms with van der Waals surface area (Å²) in [7, 11) is 0. The summed E-state index contributed by atoms with van der Waals surface area (Å²) >= 11 is 0. The van der Waals surface area contributed by atoms with Crippen LogP contribution in [0.2, 0.25) is 0 Å². The molecular formula is C21H25FN8O3. The number of hydrogen-bond acceptors (Lipinski definition) is 7. The third-order valence-corrected chi connectivity index (χ3v) is 5.57. The summed E-state index contributed by atoms with van der Waals surface area (Å²) in [5, 5.41) is 17.2. The number of nitrogens with one attached hydrogen (secondary N) is 2. The molecule has 1 fully saturated rings. The fraction of sp³-hybridized carbons (Fsp3) is 0.381. The molecule has 3 N–H and O–H groups in total. The van der Waals surface area contributed by atoms with E-state index in [9.17, 15) is 9.18 Å². The summed E-state index contributed by atoms with van der Waals surface area (Å²) in [6, 6.07) is 3.26. The molecule has 0 bridgehead atoms. The van der Waals surface area contributed by atoms with Crippen molar-refractivity contribution in [2.45, 2.75) is 26.3 Å². The number of aromatic nitrogens is 4. The minimum Gasteiger partial charge on any atom is -0.483 e. The maximum absolute atomic E-state index is 14.5. The molecule has 12 heteroatoms.